The number of anilines is 1. The Labute approximate surface area is 135 Å². The molecule has 0 aliphatic carbocycles. The normalized spacial score (nSPS) is 11.5. The molecule has 0 atom stereocenters. The molecule has 0 aliphatic heterocycles. The van der Waals surface area contributed by atoms with Gasteiger partial charge in [-0.15, -0.1) is 10.2 Å². The number of aromatic nitrogens is 4. The van der Waals surface area contributed by atoms with E-state index in [0.29, 0.717) is 12.4 Å². The summed E-state index contributed by atoms with van der Waals surface area (Å²) in [6.07, 6.45) is -1.96. The molecule has 0 saturated carbocycles. The Balaban J connectivity index is 1.73. The summed E-state index contributed by atoms with van der Waals surface area (Å²) in [6.45, 7) is 0.446. The standard InChI is InChI=1S/C15H12F3N5O/c1-23(11-5-3-2-4-6-11)9-12-19-7-10(8-20-12)13-21-22-14(24-13)15(16,17)18/h2-8H,9H2,1H3. The zero-order valence-corrected chi connectivity index (χ0v) is 12.5. The molecule has 1 aromatic carbocycles. The molecule has 0 radical (unpaired) electrons. The minimum absolute atomic E-state index is 0.226. The number of para-hydroxylation sites is 1. The predicted molar refractivity (Wildman–Crippen MR) is 78.9 cm³/mol. The van der Waals surface area contributed by atoms with Gasteiger partial charge in [0.15, 0.2) is 0 Å². The van der Waals surface area contributed by atoms with Crippen LogP contribution in [0, 0.1) is 0 Å². The first kappa shape index (κ1) is 15.9. The summed E-state index contributed by atoms with van der Waals surface area (Å²) in [5, 5.41) is 6.33. The van der Waals surface area contributed by atoms with Crippen molar-refractivity contribution < 1.29 is 17.6 Å². The number of benzene rings is 1. The fourth-order valence-electron chi connectivity index (χ4n) is 1.99. The molecule has 2 aromatic heterocycles. The largest absolute Gasteiger partial charge is 0.470 e. The Morgan fingerprint density at radius 2 is 1.71 bits per heavy atom. The number of halogens is 3. The topological polar surface area (TPSA) is 67.9 Å². The first-order valence-electron chi connectivity index (χ1n) is 6.91. The van der Waals surface area contributed by atoms with Gasteiger partial charge in [0.2, 0.25) is 0 Å². The number of nitrogens with zero attached hydrogens (tertiary/aromatic N) is 5. The summed E-state index contributed by atoms with van der Waals surface area (Å²) >= 11 is 0. The number of alkyl halides is 3. The van der Waals surface area contributed by atoms with E-state index in [1.165, 1.54) is 12.4 Å². The van der Waals surface area contributed by atoms with Crippen molar-refractivity contribution in [3.05, 3.63) is 54.4 Å². The first-order chi connectivity index (χ1) is 11.4. The Hall–Kier alpha value is -2.97. The van der Waals surface area contributed by atoms with Crippen molar-refractivity contribution in [3.8, 4) is 11.5 Å². The van der Waals surface area contributed by atoms with Crippen LogP contribution < -0.4 is 4.90 Å². The second-order valence-electron chi connectivity index (χ2n) is 4.99. The van der Waals surface area contributed by atoms with Crippen LogP contribution in [0.5, 0.6) is 0 Å². The first-order valence-corrected chi connectivity index (χ1v) is 6.91. The molecule has 0 saturated heterocycles. The minimum atomic E-state index is -4.68. The third kappa shape index (κ3) is 3.50. The number of hydrogen-bond acceptors (Lipinski definition) is 6. The van der Waals surface area contributed by atoms with Gasteiger partial charge in [0.25, 0.3) is 5.89 Å². The zero-order valence-electron chi connectivity index (χ0n) is 12.5. The van der Waals surface area contributed by atoms with Gasteiger partial charge >= 0.3 is 12.1 Å². The molecule has 2 heterocycles. The average Bonchev–Trinajstić information content (AvgIpc) is 3.07. The van der Waals surface area contributed by atoms with Crippen LogP contribution >= 0.6 is 0 Å². The van der Waals surface area contributed by atoms with Gasteiger partial charge in [-0.1, -0.05) is 18.2 Å². The van der Waals surface area contributed by atoms with Crippen molar-refractivity contribution in [1.82, 2.24) is 20.2 Å². The van der Waals surface area contributed by atoms with E-state index in [2.05, 4.69) is 24.6 Å². The molecule has 0 spiro atoms. The van der Waals surface area contributed by atoms with E-state index < -0.39 is 12.1 Å². The Bertz CT molecular complexity index is 802. The van der Waals surface area contributed by atoms with Crippen LogP contribution in [0.1, 0.15) is 11.7 Å². The highest BCUT2D eigenvalue weighted by Crippen LogP contribution is 2.29. The molecule has 6 nitrogen and oxygen atoms in total. The summed E-state index contributed by atoms with van der Waals surface area (Å²) in [7, 11) is 1.89. The van der Waals surface area contributed by atoms with Gasteiger partial charge in [-0.25, -0.2) is 9.97 Å². The fraction of sp³-hybridized carbons (Fsp3) is 0.200. The lowest BCUT2D eigenvalue weighted by atomic mass is 10.3. The van der Waals surface area contributed by atoms with E-state index in [1.54, 1.807) is 0 Å². The van der Waals surface area contributed by atoms with Crippen LogP contribution in [-0.4, -0.2) is 27.2 Å². The maximum atomic E-state index is 12.5. The highest BCUT2D eigenvalue weighted by molar-refractivity contribution is 5.49. The molecule has 0 aliphatic rings. The Morgan fingerprint density at radius 1 is 1.04 bits per heavy atom. The highest BCUT2D eigenvalue weighted by atomic mass is 19.4. The molecule has 24 heavy (non-hydrogen) atoms. The molecular weight excluding hydrogens is 323 g/mol. The monoisotopic (exact) mass is 335 g/mol. The molecule has 0 bridgehead atoms. The van der Waals surface area contributed by atoms with Crippen LogP contribution in [0.25, 0.3) is 11.5 Å². The highest BCUT2D eigenvalue weighted by Gasteiger charge is 2.38. The Morgan fingerprint density at radius 3 is 2.29 bits per heavy atom. The second-order valence-corrected chi connectivity index (χ2v) is 4.99. The van der Waals surface area contributed by atoms with E-state index in [-0.39, 0.29) is 11.5 Å². The molecule has 0 fully saturated rings. The molecule has 0 unspecified atom stereocenters. The van der Waals surface area contributed by atoms with Crippen molar-refractivity contribution in [1.29, 1.82) is 0 Å². The fourth-order valence-corrected chi connectivity index (χ4v) is 1.99. The molecule has 9 heteroatoms. The molecule has 0 N–H and O–H groups in total. The maximum absolute atomic E-state index is 12.5. The molecule has 124 valence electrons. The van der Waals surface area contributed by atoms with Crippen molar-refractivity contribution in [2.75, 3.05) is 11.9 Å². The van der Waals surface area contributed by atoms with Crippen molar-refractivity contribution in [2.45, 2.75) is 12.7 Å². The van der Waals surface area contributed by atoms with Crippen molar-refractivity contribution in [3.63, 3.8) is 0 Å². The molecule has 3 aromatic rings. The van der Waals surface area contributed by atoms with Gasteiger partial charge in [0, 0.05) is 25.1 Å². The lowest BCUT2D eigenvalue weighted by Gasteiger charge is -2.17. The van der Waals surface area contributed by atoms with E-state index in [0.717, 1.165) is 5.69 Å². The average molecular weight is 335 g/mol. The van der Waals surface area contributed by atoms with Crippen LogP contribution in [0.15, 0.2) is 47.1 Å². The van der Waals surface area contributed by atoms with Crippen LogP contribution in [-0.2, 0) is 12.7 Å². The summed E-state index contributed by atoms with van der Waals surface area (Å²) in [5.41, 5.74) is 1.22. The van der Waals surface area contributed by atoms with Crippen LogP contribution in [0.3, 0.4) is 0 Å². The molecule has 3 rings (SSSR count). The summed E-state index contributed by atoms with van der Waals surface area (Å²) in [5.74, 6) is -1.16. The Kier molecular flexibility index (Phi) is 4.15. The third-order valence-corrected chi connectivity index (χ3v) is 3.20. The van der Waals surface area contributed by atoms with Gasteiger partial charge in [0.1, 0.15) is 5.82 Å². The van der Waals surface area contributed by atoms with Crippen molar-refractivity contribution >= 4 is 5.69 Å². The SMILES string of the molecule is CN(Cc1ncc(-c2nnc(C(F)(F)F)o2)cn1)c1ccccc1. The number of hydrogen-bond donors (Lipinski definition) is 0. The summed E-state index contributed by atoms with van der Waals surface area (Å²) in [4.78, 5) is 10.2. The summed E-state index contributed by atoms with van der Waals surface area (Å²) in [6, 6.07) is 9.66. The van der Waals surface area contributed by atoms with Gasteiger partial charge < -0.3 is 9.32 Å². The summed E-state index contributed by atoms with van der Waals surface area (Å²) < 4.78 is 41.9. The van der Waals surface area contributed by atoms with Crippen LogP contribution in [0.2, 0.25) is 0 Å². The van der Waals surface area contributed by atoms with Crippen molar-refractivity contribution in [2.24, 2.45) is 0 Å². The third-order valence-electron chi connectivity index (χ3n) is 3.20. The lowest BCUT2D eigenvalue weighted by molar-refractivity contribution is -0.156. The second kappa shape index (κ2) is 6.26. The van der Waals surface area contributed by atoms with E-state index >= 15 is 0 Å². The molecule has 0 amide bonds. The lowest BCUT2D eigenvalue weighted by Crippen LogP contribution is -2.18. The van der Waals surface area contributed by atoms with Gasteiger partial charge in [-0.3, -0.25) is 0 Å². The van der Waals surface area contributed by atoms with E-state index in [4.69, 9.17) is 0 Å². The maximum Gasteiger partial charge on any atom is 0.470 e. The quantitative estimate of drug-likeness (QED) is 0.729. The van der Waals surface area contributed by atoms with Gasteiger partial charge in [0.05, 0.1) is 12.1 Å². The number of rotatable bonds is 4. The smallest absolute Gasteiger partial charge is 0.413 e. The molecular formula is C15H12F3N5O. The van der Waals surface area contributed by atoms with E-state index in [9.17, 15) is 13.2 Å². The van der Waals surface area contributed by atoms with Gasteiger partial charge in [-0.05, 0) is 12.1 Å². The predicted octanol–water partition coefficient (Wildman–Crippen LogP) is 3.18. The van der Waals surface area contributed by atoms with Gasteiger partial charge in [-0.2, -0.15) is 13.2 Å². The zero-order chi connectivity index (χ0) is 17.2. The van der Waals surface area contributed by atoms with Crippen LogP contribution in [0.4, 0.5) is 18.9 Å². The minimum Gasteiger partial charge on any atom is -0.413 e. The van der Waals surface area contributed by atoms with E-state index in [1.807, 2.05) is 42.3 Å².